The number of alkyl carbamates (subject to hydrolysis) is 1. The molecular weight excluding hydrogens is 402 g/mol. The van der Waals surface area contributed by atoms with Crippen LogP contribution in [0.1, 0.15) is 73.7 Å². The molecule has 1 aromatic heterocycles. The van der Waals surface area contributed by atoms with Gasteiger partial charge in [0.15, 0.2) is 0 Å². The molecule has 2 fully saturated rings. The molecule has 7 nitrogen and oxygen atoms in total. The van der Waals surface area contributed by atoms with Crippen LogP contribution in [-0.2, 0) is 22.4 Å². The summed E-state index contributed by atoms with van der Waals surface area (Å²) in [5, 5.41) is 9.65. The van der Waals surface area contributed by atoms with Crippen LogP contribution in [-0.4, -0.2) is 36.1 Å². The number of amides is 3. The van der Waals surface area contributed by atoms with E-state index in [0.29, 0.717) is 29.4 Å². The van der Waals surface area contributed by atoms with Crippen LogP contribution in [0.5, 0.6) is 0 Å². The van der Waals surface area contributed by atoms with Crippen molar-refractivity contribution in [2.45, 2.75) is 77.4 Å². The van der Waals surface area contributed by atoms with Crippen molar-refractivity contribution in [3.05, 3.63) is 16.0 Å². The maximum Gasteiger partial charge on any atom is 0.407 e. The van der Waals surface area contributed by atoms with Gasteiger partial charge < -0.3 is 20.7 Å². The van der Waals surface area contributed by atoms with Crippen LogP contribution >= 0.6 is 11.3 Å². The molecule has 1 atom stereocenters. The van der Waals surface area contributed by atoms with Crippen LogP contribution in [0.3, 0.4) is 0 Å². The molecule has 0 radical (unpaired) electrons. The Balaban J connectivity index is 1.51. The zero-order chi connectivity index (χ0) is 21.5. The van der Waals surface area contributed by atoms with Crippen molar-refractivity contribution in [3.63, 3.8) is 0 Å². The summed E-state index contributed by atoms with van der Waals surface area (Å²) >= 11 is 1.51. The van der Waals surface area contributed by atoms with Gasteiger partial charge in [-0.25, -0.2) is 4.79 Å². The van der Waals surface area contributed by atoms with Crippen LogP contribution in [0.25, 0.3) is 0 Å². The Morgan fingerprint density at radius 3 is 2.47 bits per heavy atom. The number of hydrogen-bond donors (Lipinski definition) is 3. The molecule has 3 amide bonds. The third kappa shape index (κ3) is 5.33. The van der Waals surface area contributed by atoms with Crippen molar-refractivity contribution >= 4 is 34.2 Å². The number of hydrogen-bond acceptors (Lipinski definition) is 5. The highest BCUT2D eigenvalue weighted by Gasteiger charge is 2.34. The molecule has 1 heterocycles. The number of thiophene rings is 1. The van der Waals surface area contributed by atoms with Gasteiger partial charge in [0, 0.05) is 23.4 Å². The Morgan fingerprint density at radius 2 is 1.83 bits per heavy atom. The van der Waals surface area contributed by atoms with E-state index in [9.17, 15) is 14.4 Å². The summed E-state index contributed by atoms with van der Waals surface area (Å²) in [6.45, 7) is 6.18. The minimum atomic E-state index is -0.555. The fourth-order valence-electron chi connectivity index (χ4n) is 3.72. The third-order valence-corrected chi connectivity index (χ3v) is 6.85. The molecule has 8 heteroatoms. The summed E-state index contributed by atoms with van der Waals surface area (Å²) in [7, 11) is 0. The SMILES string of the molecule is CC(C)(C)OC(=O)N[C@@H]1CCc2sc(NC(=O)C3CC3)c(C(=O)NCC3CC3)c2C1. The highest BCUT2D eigenvalue weighted by molar-refractivity contribution is 7.17. The molecule has 3 aliphatic carbocycles. The highest BCUT2D eigenvalue weighted by atomic mass is 32.1. The number of rotatable bonds is 6. The maximum atomic E-state index is 13.0. The number of fused-ring (bicyclic) bond motifs is 1. The summed E-state index contributed by atoms with van der Waals surface area (Å²) in [4.78, 5) is 38.8. The minimum absolute atomic E-state index is 0.00766. The van der Waals surface area contributed by atoms with Crippen LogP contribution in [0.4, 0.5) is 9.80 Å². The first-order valence-corrected chi connectivity index (χ1v) is 11.7. The lowest BCUT2D eigenvalue weighted by atomic mass is 9.91. The standard InChI is InChI=1S/C22H31N3O4S/c1-22(2,3)29-21(28)24-14-8-9-16-15(10-14)17(19(27)23-11-12-4-5-12)20(30-16)25-18(26)13-6-7-13/h12-14H,4-11H2,1-3H3,(H,23,27)(H,24,28)(H,25,26)/t14-/m1/s1. The molecule has 3 aliphatic rings. The van der Waals surface area contributed by atoms with E-state index in [2.05, 4.69) is 16.0 Å². The molecule has 0 aromatic carbocycles. The molecule has 2 saturated carbocycles. The van der Waals surface area contributed by atoms with Crippen LogP contribution in [0.2, 0.25) is 0 Å². The van der Waals surface area contributed by atoms with Crippen molar-refractivity contribution in [3.8, 4) is 0 Å². The molecular formula is C22H31N3O4S. The van der Waals surface area contributed by atoms with E-state index in [-0.39, 0.29) is 23.8 Å². The predicted octanol–water partition coefficient (Wildman–Crippen LogP) is 3.62. The van der Waals surface area contributed by atoms with Crippen LogP contribution < -0.4 is 16.0 Å². The quantitative estimate of drug-likeness (QED) is 0.638. The lowest BCUT2D eigenvalue weighted by Crippen LogP contribution is -2.42. The Labute approximate surface area is 181 Å². The molecule has 0 bridgehead atoms. The van der Waals surface area contributed by atoms with Gasteiger partial charge in [0.2, 0.25) is 5.91 Å². The second-order valence-electron chi connectivity index (χ2n) is 9.71. The van der Waals surface area contributed by atoms with E-state index in [1.807, 2.05) is 20.8 Å². The van der Waals surface area contributed by atoms with Gasteiger partial charge in [-0.2, -0.15) is 0 Å². The van der Waals surface area contributed by atoms with E-state index in [4.69, 9.17) is 4.74 Å². The van der Waals surface area contributed by atoms with E-state index in [1.165, 1.54) is 11.3 Å². The number of nitrogens with one attached hydrogen (secondary N) is 3. The zero-order valence-electron chi connectivity index (χ0n) is 17.9. The first-order chi connectivity index (χ1) is 14.2. The van der Waals surface area contributed by atoms with Crippen molar-refractivity contribution in [2.75, 3.05) is 11.9 Å². The summed E-state index contributed by atoms with van der Waals surface area (Å²) in [5.74, 6) is 0.541. The van der Waals surface area contributed by atoms with E-state index in [0.717, 1.165) is 49.0 Å². The first-order valence-electron chi connectivity index (χ1n) is 10.9. The summed E-state index contributed by atoms with van der Waals surface area (Å²) in [5.41, 5.74) is 0.979. The number of carbonyl (C=O) groups excluding carboxylic acids is 3. The molecule has 0 unspecified atom stereocenters. The van der Waals surface area contributed by atoms with Gasteiger partial charge in [0.05, 0.1) is 5.56 Å². The fraction of sp³-hybridized carbons (Fsp3) is 0.682. The lowest BCUT2D eigenvalue weighted by Gasteiger charge is -2.26. The van der Waals surface area contributed by atoms with E-state index >= 15 is 0 Å². The molecule has 4 rings (SSSR count). The maximum absolute atomic E-state index is 13.0. The van der Waals surface area contributed by atoms with E-state index in [1.54, 1.807) is 0 Å². The van der Waals surface area contributed by atoms with Gasteiger partial charge in [-0.1, -0.05) is 0 Å². The number of carbonyl (C=O) groups is 3. The number of ether oxygens (including phenoxy) is 1. The Morgan fingerprint density at radius 1 is 1.10 bits per heavy atom. The van der Waals surface area contributed by atoms with E-state index < -0.39 is 11.7 Å². The minimum Gasteiger partial charge on any atom is -0.444 e. The Kier molecular flexibility index (Phi) is 5.79. The van der Waals surface area contributed by atoms with Gasteiger partial charge in [-0.05, 0) is 77.2 Å². The topological polar surface area (TPSA) is 96.5 Å². The Bertz CT molecular complexity index is 849. The average Bonchev–Trinajstić information content (AvgIpc) is 3.55. The smallest absolute Gasteiger partial charge is 0.407 e. The summed E-state index contributed by atoms with van der Waals surface area (Å²) < 4.78 is 5.39. The summed E-state index contributed by atoms with van der Waals surface area (Å²) in [6.07, 6.45) is 5.84. The molecule has 0 spiro atoms. The Hall–Kier alpha value is -2.09. The molecule has 30 heavy (non-hydrogen) atoms. The normalized spacial score (nSPS) is 20.8. The molecule has 1 aromatic rings. The second-order valence-corrected chi connectivity index (χ2v) is 10.8. The highest BCUT2D eigenvalue weighted by Crippen LogP contribution is 2.40. The van der Waals surface area contributed by atoms with Crippen LogP contribution in [0.15, 0.2) is 0 Å². The van der Waals surface area contributed by atoms with Crippen molar-refractivity contribution < 1.29 is 19.1 Å². The fourth-order valence-corrected chi connectivity index (χ4v) is 4.96. The predicted molar refractivity (Wildman–Crippen MR) is 116 cm³/mol. The van der Waals surface area contributed by atoms with Gasteiger partial charge in [0.25, 0.3) is 5.91 Å². The van der Waals surface area contributed by atoms with Gasteiger partial charge in [-0.15, -0.1) is 11.3 Å². The monoisotopic (exact) mass is 433 g/mol. The molecule has 3 N–H and O–H groups in total. The molecule has 0 aliphatic heterocycles. The molecule has 164 valence electrons. The van der Waals surface area contributed by atoms with Crippen LogP contribution in [0, 0.1) is 11.8 Å². The lowest BCUT2D eigenvalue weighted by molar-refractivity contribution is -0.117. The van der Waals surface area contributed by atoms with Crippen molar-refractivity contribution in [2.24, 2.45) is 11.8 Å². The summed E-state index contributed by atoms with van der Waals surface area (Å²) in [6, 6.07) is -0.0936. The number of aryl methyl sites for hydroxylation is 1. The average molecular weight is 434 g/mol. The largest absolute Gasteiger partial charge is 0.444 e. The third-order valence-electron chi connectivity index (χ3n) is 5.64. The second kappa shape index (κ2) is 8.21. The number of anilines is 1. The van der Waals surface area contributed by atoms with Gasteiger partial charge >= 0.3 is 6.09 Å². The van der Waals surface area contributed by atoms with Gasteiger partial charge in [-0.3, -0.25) is 9.59 Å². The first kappa shape index (κ1) is 21.2. The zero-order valence-corrected chi connectivity index (χ0v) is 18.7. The van der Waals surface area contributed by atoms with Crippen molar-refractivity contribution in [1.29, 1.82) is 0 Å². The van der Waals surface area contributed by atoms with Gasteiger partial charge in [0.1, 0.15) is 10.6 Å². The molecule has 0 saturated heterocycles. The van der Waals surface area contributed by atoms with Crippen molar-refractivity contribution in [1.82, 2.24) is 10.6 Å².